The lowest BCUT2D eigenvalue weighted by molar-refractivity contribution is 0.0436. The zero-order valence-electron chi connectivity index (χ0n) is 18.5. The maximum Gasteiger partial charge on any atom is 0.344 e. The van der Waals surface area contributed by atoms with Gasteiger partial charge in [0, 0.05) is 5.69 Å². The van der Waals surface area contributed by atoms with E-state index in [1.165, 1.54) is 5.56 Å². The van der Waals surface area contributed by atoms with E-state index in [1.807, 2.05) is 49.4 Å². The summed E-state index contributed by atoms with van der Waals surface area (Å²) in [5.41, 5.74) is 12.4. The van der Waals surface area contributed by atoms with Crippen molar-refractivity contribution in [3.05, 3.63) is 59.2 Å². The number of ether oxygens (including phenoxy) is 1. The molecule has 2 N–H and O–H groups in total. The molecule has 0 bridgehead atoms. The third-order valence-corrected chi connectivity index (χ3v) is 6.06. The summed E-state index contributed by atoms with van der Waals surface area (Å²) >= 11 is 0. The monoisotopic (exact) mass is 416 g/mol. The molecule has 2 aromatic carbocycles. The molecule has 0 fully saturated rings. The maximum atomic E-state index is 13.1. The van der Waals surface area contributed by atoms with Crippen molar-refractivity contribution in [3.8, 4) is 5.69 Å². The summed E-state index contributed by atoms with van der Waals surface area (Å²) in [5, 5.41) is 0. The van der Waals surface area contributed by atoms with Gasteiger partial charge in [0.25, 0.3) is 0 Å². The molecule has 0 aliphatic carbocycles. The van der Waals surface area contributed by atoms with E-state index in [1.54, 1.807) is 4.57 Å². The van der Waals surface area contributed by atoms with E-state index >= 15 is 0 Å². The van der Waals surface area contributed by atoms with Gasteiger partial charge in [-0.1, -0.05) is 44.9 Å². The van der Waals surface area contributed by atoms with Crippen LogP contribution in [0.1, 0.15) is 48.2 Å². The molecular weight excluding hydrogens is 388 g/mol. The molecule has 0 aliphatic heterocycles. The number of nitrogens with two attached hydrogens (primary N) is 1. The van der Waals surface area contributed by atoms with Crippen molar-refractivity contribution in [2.24, 2.45) is 5.92 Å². The Morgan fingerprint density at radius 3 is 2.35 bits per heavy atom. The van der Waals surface area contributed by atoms with E-state index in [-0.39, 0.29) is 5.56 Å². The number of aromatic nitrogens is 3. The molecule has 0 spiro atoms. The zero-order valence-corrected chi connectivity index (χ0v) is 18.5. The molecule has 0 saturated carbocycles. The Labute approximate surface area is 182 Å². The lowest BCUT2D eigenvalue weighted by atomic mass is 10.1. The van der Waals surface area contributed by atoms with Gasteiger partial charge in [0.1, 0.15) is 16.9 Å². The van der Waals surface area contributed by atoms with E-state index in [0.29, 0.717) is 35.0 Å². The van der Waals surface area contributed by atoms with Gasteiger partial charge >= 0.3 is 5.97 Å². The summed E-state index contributed by atoms with van der Waals surface area (Å²) in [6.45, 7) is 8.67. The third kappa shape index (κ3) is 3.74. The molecular formula is C25H28N4O2. The number of carbonyl (C=O) groups is 1. The summed E-state index contributed by atoms with van der Waals surface area (Å²) in [5.74, 6) is 0.162. The van der Waals surface area contributed by atoms with Crippen LogP contribution in [-0.4, -0.2) is 27.1 Å². The third-order valence-electron chi connectivity index (χ3n) is 6.06. The van der Waals surface area contributed by atoms with Crippen LogP contribution in [0.4, 0.5) is 5.82 Å². The number of aryl methyl sites for hydroxylation is 2. The van der Waals surface area contributed by atoms with Gasteiger partial charge in [0.15, 0.2) is 5.65 Å². The largest absolute Gasteiger partial charge is 0.462 e. The summed E-state index contributed by atoms with van der Waals surface area (Å²) < 4.78 is 7.47. The fourth-order valence-corrected chi connectivity index (χ4v) is 3.78. The van der Waals surface area contributed by atoms with Gasteiger partial charge in [0.05, 0.1) is 17.6 Å². The van der Waals surface area contributed by atoms with Gasteiger partial charge in [-0.05, 0) is 55.2 Å². The van der Waals surface area contributed by atoms with Crippen molar-refractivity contribution < 1.29 is 9.53 Å². The van der Waals surface area contributed by atoms with E-state index in [9.17, 15) is 4.79 Å². The van der Waals surface area contributed by atoms with E-state index in [0.717, 1.165) is 29.6 Å². The Hall–Kier alpha value is -3.41. The smallest absolute Gasteiger partial charge is 0.344 e. The number of fused-ring (bicyclic) bond motifs is 2. The summed E-state index contributed by atoms with van der Waals surface area (Å²) in [6.07, 6.45) is 1.90. The molecule has 4 aromatic rings. The highest BCUT2D eigenvalue weighted by Gasteiger charge is 2.26. The van der Waals surface area contributed by atoms with Crippen molar-refractivity contribution >= 4 is 34.0 Å². The highest BCUT2D eigenvalue weighted by Crippen LogP contribution is 2.32. The van der Waals surface area contributed by atoms with Crippen LogP contribution in [0.5, 0.6) is 0 Å². The quantitative estimate of drug-likeness (QED) is 0.428. The fourth-order valence-electron chi connectivity index (χ4n) is 3.78. The van der Waals surface area contributed by atoms with Crippen LogP contribution >= 0.6 is 0 Å². The second kappa shape index (κ2) is 8.38. The van der Waals surface area contributed by atoms with Gasteiger partial charge in [-0.25, -0.2) is 14.8 Å². The van der Waals surface area contributed by atoms with Gasteiger partial charge in [-0.3, -0.25) is 4.57 Å². The number of benzene rings is 2. The predicted molar refractivity (Wildman–Crippen MR) is 125 cm³/mol. The lowest BCUT2D eigenvalue weighted by Crippen LogP contribution is -2.15. The van der Waals surface area contributed by atoms with Crippen molar-refractivity contribution in [1.29, 1.82) is 0 Å². The van der Waals surface area contributed by atoms with Crippen LogP contribution < -0.4 is 5.73 Å². The number of rotatable bonds is 6. The SMILES string of the molecule is CCC(CC)COC(=O)c1c(N)n(-c2ccc(C)c(C)c2)c2nc3ccccc3nc12. The number of carbonyl (C=O) groups excluding carboxylic acids is 1. The van der Waals surface area contributed by atoms with Crippen molar-refractivity contribution in [2.45, 2.75) is 40.5 Å². The standard InChI is InChI=1S/C25H28N4O2/c1-5-17(6-2)14-31-25(30)21-22-24(28-20-10-8-7-9-19(20)27-22)29(23(21)26)18-12-11-15(3)16(4)13-18/h7-13,17H,5-6,14,26H2,1-4H3. The first kappa shape index (κ1) is 20.8. The van der Waals surface area contributed by atoms with Crippen molar-refractivity contribution in [2.75, 3.05) is 12.3 Å². The summed E-state index contributed by atoms with van der Waals surface area (Å²) in [7, 11) is 0. The number of nitrogen functional groups attached to an aromatic ring is 1. The number of anilines is 1. The second-order valence-electron chi connectivity index (χ2n) is 8.03. The number of hydrogen-bond donors (Lipinski definition) is 1. The van der Waals surface area contributed by atoms with Crippen molar-refractivity contribution in [1.82, 2.24) is 14.5 Å². The summed E-state index contributed by atoms with van der Waals surface area (Å²) in [6, 6.07) is 13.7. The van der Waals surface area contributed by atoms with E-state index < -0.39 is 5.97 Å². The van der Waals surface area contributed by atoms with Gasteiger partial charge < -0.3 is 10.5 Å². The maximum absolute atomic E-state index is 13.1. The van der Waals surface area contributed by atoms with Crippen molar-refractivity contribution in [3.63, 3.8) is 0 Å². The van der Waals surface area contributed by atoms with Gasteiger partial charge in [-0.2, -0.15) is 0 Å². The number of esters is 1. The first-order valence-electron chi connectivity index (χ1n) is 10.8. The molecule has 160 valence electrons. The van der Waals surface area contributed by atoms with Crippen LogP contribution in [0.2, 0.25) is 0 Å². The Bertz CT molecular complexity index is 1270. The molecule has 0 atom stereocenters. The van der Waals surface area contributed by atoms with Gasteiger partial charge in [-0.15, -0.1) is 0 Å². The predicted octanol–water partition coefficient (Wildman–Crippen LogP) is 5.37. The molecule has 0 saturated heterocycles. The van der Waals surface area contributed by atoms with E-state index in [2.05, 4.69) is 20.8 Å². The molecule has 0 unspecified atom stereocenters. The highest BCUT2D eigenvalue weighted by atomic mass is 16.5. The molecule has 6 heteroatoms. The second-order valence-corrected chi connectivity index (χ2v) is 8.03. The number of nitrogens with zero attached hydrogens (tertiary/aromatic N) is 3. The topological polar surface area (TPSA) is 83.0 Å². The van der Waals surface area contributed by atoms with E-state index in [4.69, 9.17) is 20.4 Å². The molecule has 4 rings (SSSR count). The normalized spacial score (nSPS) is 11.5. The average Bonchev–Trinajstić information content (AvgIpc) is 3.05. The lowest BCUT2D eigenvalue weighted by Gasteiger charge is -2.13. The molecule has 0 aliphatic rings. The highest BCUT2D eigenvalue weighted by molar-refractivity contribution is 6.09. The summed E-state index contributed by atoms with van der Waals surface area (Å²) in [4.78, 5) is 22.7. The minimum atomic E-state index is -0.457. The number of hydrogen-bond acceptors (Lipinski definition) is 5. The van der Waals surface area contributed by atoms with Crippen LogP contribution in [0.3, 0.4) is 0 Å². The molecule has 2 aromatic heterocycles. The van der Waals surface area contributed by atoms with Crippen LogP contribution in [-0.2, 0) is 4.74 Å². The Morgan fingerprint density at radius 2 is 1.71 bits per heavy atom. The Balaban J connectivity index is 1.92. The fraction of sp³-hybridized carbons (Fsp3) is 0.320. The first-order chi connectivity index (χ1) is 14.9. The first-order valence-corrected chi connectivity index (χ1v) is 10.8. The minimum absolute atomic E-state index is 0.275. The van der Waals surface area contributed by atoms with Crippen LogP contribution in [0.15, 0.2) is 42.5 Å². The zero-order chi connectivity index (χ0) is 22.1. The molecule has 6 nitrogen and oxygen atoms in total. The Morgan fingerprint density at radius 1 is 1.03 bits per heavy atom. The van der Waals surface area contributed by atoms with Crippen LogP contribution in [0, 0.1) is 19.8 Å². The molecule has 0 amide bonds. The van der Waals surface area contributed by atoms with Crippen LogP contribution in [0.25, 0.3) is 27.9 Å². The molecule has 31 heavy (non-hydrogen) atoms. The Kier molecular flexibility index (Phi) is 5.63. The average molecular weight is 417 g/mol. The molecule has 0 radical (unpaired) electrons. The minimum Gasteiger partial charge on any atom is -0.462 e. The molecule has 2 heterocycles. The number of para-hydroxylation sites is 2. The van der Waals surface area contributed by atoms with Gasteiger partial charge in [0.2, 0.25) is 0 Å².